The van der Waals surface area contributed by atoms with E-state index in [1.54, 1.807) is 19.1 Å². The van der Waals surface area contributed by atoms with Crippen molar-refractivity contribution in [3.05, 3.63) is 93.2 Å². The Balaban J connectivity index is 2.07. The number of nitrogens with one attached hydrogen (secondary N) is 1. The predicted octanol–water partition coefficient (Wildman–Crippen LogP) is 5.45. The van der Waals surface area contributed by atoms with Crippen LogP contribution < -0.4 is 4.83 Å². The number of aryl methyl sites for hydroxylation is 1. The molecule has 0 saturated carbocycles. The molecule has 162 valence electrons. The van der Waals surface area contributed by atoms with Crippen LogP contribution >= 0.6 is 23.2 Å². The van der Waals surface area contributed by atoms with Crippen molar-refractivity contribution in [2.45, 2.75) is 18.0 Å². The first-order chi connectivity index (χ1) is 14.5. The Morgan fingerprint density at radius 1 is 1.03 bits per heavy atom. The van der Waals surface area contributed by atoms with Crippen molar-refractivity contribution >= 4 is 38.9 Å². The van der Waals surface area contributed by atoms with Crippen LogP contribution in [0.15, 0.2) is 70.8 Å². The van der Waals surface area contributed by atoms with Gasteiger partial charge in [0.25, 0.3) is 10.0 Å². The van der Waals surface area contributed by atoms with Gasteiger partial charge in [-0.1, -0.05) is 53.0 Å². The molecule has 0 radical (unpaired) electrons. The third-order valence-corrected chi connectivity index (χ3v) is 5.88. The molecule has 1 N–H and O–H groups in total. The van der Waals surface area contributed by atoms with Crippen molar-refractivity contribution in [2.24, 2.45) is 5.10 Å². The molecule has 0 bridgehead atoms. The van der Waals surface area contributed by atoms with E-state index in [0.29, 0.717) is 22.8 Å². The van der Waals surface area contributed by atoms with Crippen molar-refractivity contribution in [2.75, 3.05) is 0 Å². The summed E-state index contributed by atoms with van der Waals surface area (Å²) in [7, 11) is -4.05. The fourth-order valence-corrected chi connectivity index (χ4v) is 3.70. The van der Waals surface area contributed by atoms with E-state index in [4.69, 9.17) is 23.2 Å². The van der Waals surface area contributed by atoms with Crippen molar-refractivity contribution in [3.63, 3.8) is 0 Å². The molecule has 11 heteroatoms. The number of alkyl halides is 3. The van der Waals surface area contributed by atoms with E-state index >= 15 is 0 Å². The Hall–Kier alpha value is -2.62. The molecular formula is C20H14Cl2F3N3O2S. The molecule has 0 aliphatic carbocycles. The van der Waals surface area contributed by atoms with Crippen molar-refractivity contribution in [1.29, 1.82) is 0 Å². The maximum absolute atomic E-state index is 13.0. The third kappa shape index (κ3) is 5.55. The van der Waals surface area contributed by atoms with Gasteiger partial charge in [-0.05, 0) is 37.3 Å². The number of halogens is 5. The minimum absolute atomic E-state index is 0.0382. The Labute approximate surface area is 186 Å². The van der Waals surface area contributed by atoms with E-state index in [1.165, 1.54) is 36.4 Å². The van der Waals surface area contributed by atoms with Gasteiger partial charge in [0.15, 0.2) is 0 Å². The number of hydrogen-bond donors (Lipinski definition) is 1. The van der Waals surface area contributed by atoms with E-state index in [0.717, 1.165) is 5.56 Å². The molecule has 2 aromatic carbocycles. The average molecular weight is 488 g/mol. The minimum Gasteiger partial charge on any atom is -0.252 e. The van der Waals surface area contributed by atoms with Gasteiger partial charge in [0.2, 0.25) is 0 Å². The van der Waals surface area contributed by atoms with Crippen LogP contribution in [0.5, 0.6) is 0 Å². The van der Waals surface area contributed by atoms with Crippen LogP contribution in [0.3, 0.4) is 0 Å². The first-order valence-electron chi connectivity index (χ1n) is 8.62. The Bertz CT molecular complexity index is 1230. The van der Waals surface area contributed by atoms with Gasteiger partial charge in [0, 0.05) is 16.8 Å². The minimum atomic E-state index is -4.64. The monoisotopic (exact) mass is 487 g/mol. The normalized spacial score (nSPS) is 12.6. The third-order valence-electron chi connectivity index (χ3n) is 4.12. The lowest BCUT2D eigenvalue weighted by Gasteiger charge is -2.12. The summed E-state index contributed by atoms with van der Waals surface area (Å²) in [6.07, 6.45) is -4.04. The van der Waals surface area contributed by atoms with Gasteiger partial charge >= 0.3 is 6.18 Å². The zero-order valence-electron chi connectivity index (χ0n) is 15.8. The van der Waals surface area contributed by atoms with E-state index in [2.05, 4.69) is 14.9 Å². The maximum atomic E-state index is 13.0. The second-order valence-corrected chi connectivity index (χ2v) is 8.93. The molecule has 0 atom stereocenters. The zero-order chi connectivity index (χ0) is 22.8. The first-order valence-corrected chi connectivity index (χ1v) is 10.9. The lowest BCUT2D eigenvalue weighted by atomic mass is 10.1. The molecule has 0 saturated heterocycles. The summed E-state index contributed by atoms with van der Waals surface area (Å²) in [5.41, 5.74) is -0.0539. The van der Waals surface area contributed by atoms with Crippen LogP contribution in [0, 0.1) is 6.92 Å². The molecular weight excluding hydrogens is 474 g/mol. The van der Waals surface area contributed by atoms with Gasteiger partial charge in [-0.2, -0.15) is 31.5 Å². The number of hydrogen-bond acceptors (Lipinski definition) is 4. The number of sulfonamides is 1. The standard InChI is InChI=1S/C20H14Cl2F3N3O2S/c1-12-2-8-16(9-3-12)31(29,30)28-27-18(13-4-6-15(21)7-5-13)19-17(22)10-14(11-26-19)20(23,24)25/h2-11,28H,1H3. The molecule has 3 aromatic rings. The van der Waals surface area contributed by atoms with E-state index in [1.807, 2.05) is 0 Å². The highest BCUT2D eigenvalue weighted by atomic mass is 35.5. The van der Waals surface area contributed by atoms with Gasteiger partial charge in [-0.25, -0.2) is 0 Å². The molecule has 3 rings (SSSR count). The summed E-state index contributed by atoms with van der Waals surface area (Å²) in [4.78, 5) is 5.82. The predicted molar refractivity (Wildman–Crippen MR) is 113 cm³/mol. The highest BCUT2D eigenvalue weighted by Crippen LogP contribution is 2.31. The molecule has 31 heavy (non-hydrogen) atoms. The lowest BCUT2D eigenvalue weighted by molar-refractivity contribution is -0.137. The largest absolute Gasteiger partial charge is 0.417 e. The van der Waals surface area contributed by atoms with E-state index in [9.17, 15) is 21.6 Å². The van der Waals surface area contributed by atoms with Gasteiger partial charge in [0.05, 0.1) is 15.5 Å². The summed E-state index contributed by atoms with van der Waals surface area (Å²) in [6.45, 7) is 1.80. The Kier molecular flexibility index (Phi) is 6.59. The highest BCUT2D eigenvalue weighted by Gasteiger charge is 2.32. The van der Waals surface area contributed by atoms with Crippen LogP contribution in [0.2, 0.25) is 10.0 Å². The van der Waals surface area contributed by atoms with Gasteiger partial charge in [0.1, 0.15) is 11.4 Å². The van der Waals surface area contributed by atoms with Crippen molar-refractivity contribution < 1.29 is 21.6 Å². The smallest absolute Gasteiger partial charge is 0.252 e. The van der Waals surface area contributed by atoms with Crippen LogP contribution in [-0.2, 0) is 16.2 Å². The quantitative estimate of drug-likeness (QED) is 0.384. The van der Waals surface area contributed by atoms with Gasteiger partial charge < -0.3 is 0 Å². The van der Waals surface area contributed by atoms with Gasteiger partial charge in [-0.3, -0.25) is 4.98 Å². The number of hydrazone groups is 1. The topological polar surface area (TPSA) is 71.4 Å². The fraction of sp³-hybridized carbons (Fsp3) is 0.100. The number of rotatable bonds is 5. The summed E-state index contributed by atoms with van der Waals surface area (Å²) in [6, 6.07) is 12.8. The molecule has 0 spiro atoms. The molecule has 0 unspecified atom stereocenters. The molecule has 0 fully saturated rings. The second-order valence-electron chi connectivity index (χ2n) is 6.43. The number of benzene rings is 2. The summed E-state index contributed by atoms with van der Waals surface area (Å²) in [5, 5.41) is 3.97. The Morgan fingerprint density at radius 2 is 1.65 bits per heavy atom. The van der Waals surface area contributed by atoms with Crippen LogP contribution in [-0.4, -0.2) is 19.1 Å². The highest BCUT2D eigenvalue weighted by molar-refractivity contribution is 7.89. The van der Waals surface area contributed by atoms with Crippen molar-refractivity contribution in [1.82, 2.24) is 9.82 Å². The van der Waals surface area contributed by atoms with Gasteiger partial charge in [-0.15, -0.1) is 0 Å². The van der Waals surface area contributed by atoms with Crippen LogP contribution in [0.25, 0.3) is 0 Å². The fourth-order valence-electron chi connectivity index (χ4n) is 2.51. The lowest BCUT2D eigenvalue weighted by Crippen LogP contribution is -2.22. The second kappa shape index (κ2) is 8.86. The van der Waals surface area contributed by atoms with E-state index in [-0.39, 0.29) is 21.3 Å². The molecule has 0 aliphatic rings. The summed E-state index contributed by atoms with van der Waals surface area (Å²) in [5.74, 6) is 0. The number of pyridine rings is 1. The zero-order valence-corrected chi connectivity index (χ0v) is 18.1. The SMILES string of the molecule is Cc1ccc(S(=O)(=O)NN=C(c2ccc(Cl)cc2)c2ncc(C(F)(F)F)cc2Cl)cc1. The number of aromatic nitrogens is 1. The number of nitrogens with zero attached hydrogens (tertiary/aromatic N) is 2. The molecule has 1 heterocycles. The summed E-state index contributed by atoms with van der Waals surface area (Å²) >= 11 is 11.9. The van der Waals surface area contributed by atoms with Crippen molar-refractivity contribution in [3.8, 4) is 0 Å². The molecule has 5 nitrogen and oxygen atoms in total. The van der Waals surface area contributed by atoms with Crippen LogP contribution in [0.1, 0.15) is 22.4 Å². The molecule has 0 amide bonds. The molecule has 1 aromatic heterocycles. The summed E-state index contributed by atoms with van der Waals surface area (Å²) < 4.78 is 64.0. The van der Waals surface area contributed by atoms with E-state index < -0.39 is 21.8 Å². The van der Waals surface area contributed by atoms with Crippen LogP contribution in [0.4, 0.5) is 13.2 Å². The Morgan fingerprint density at radius 3 is 2.19 bits per heavy atom. The maximum Gasteiger partial charge on any atom is 0.417 e. The average Bonchev–Trinajstić information content (AvgIpc) is 2.70. The molecule has 0 aliphatic heterocycles. The first kappa shape index (κ1) is 23.1.